The summed E-state index contributed by atoms with van der Waals surface area (Å²) >= 11 is 0. The molecule has 0 spiro atoms. The summed E-state index contributed by atoms with van der Waals surface area (Å²) in [5, 5.41) is 2.81. The minimum absolute atomic E-state index is 0.0981. The normalized spacial score (nSPS) is 12.6. The Kier molecular flexibility index (Phi) is 3.90. The van der Waals surface area contributed by atoms with Crippen molar-refractivity contribution < 1.29 is 13.9 Å². The molecule has 0 saturated heterocycles. The van der Waals surface area contributed by atoms with Gasteiger partial charge in [-0.1, -0.05) is 12.1 Å². The fourth-order valence-corrected chi connectivity index (χ4v) is 2.86. The van der Waals surface area contributed by atoms with Crippen LogP contribution in [-0.4, -0.2) is 10.9 Å². The van der Waals surface area contributed by atoms with Crippen LogP contribution in [0.25, 0.3) is 11.1 Å². The smallest absolute Gasteiger partial charge is 0.251 e. The van der Waals surface area contributed by atoms with E-state index < -0.39 is 0 Å². The molecule has 5 heteroatoms. The fourth-order valence-electron chi connectivity index (χ4n) is 2.86. The minimum atomic E-state index is -0.304. The van der Waals surface area contributed by atoms with Crippen molar-refractivity contribution in [3.63, 3.8) is 0 Å². The van der Waals surface area contributed by atoms with Crippen molar-refractivity contribution in [1.29, 1.82) is 0 Å². The van der Waals surface area contributed by atoms with Crippen molar-refractivity contribution in [2.75, 3.05) is 0 Å². The monoisotopic (exact) mass is 334 g/mol. The zero-order valence-corrected chi connectivity index (χ0v) is 13.3. The summed E-state index contributed by atoms with van der Waals surface area (Å²) in [4.78, 5) is 16.0. The van der Waals surface area contributed by atoms with Gasteiger partial charge in [-0.25, -0.2) is 4.39 Å². The van der Waals surface area contributed by atoms with E-state index in [4.69, 9.17) is 4.74 Å². The highest BCUT2D eigenvalue weighted by Gasteiger charge is 2.22. The second kappa shape index (κ2) is 6.36. The van der Waals surface area contributed by atoms with E-state index in [1.807, 2.05) is 24.3 Å². The number of pyridine rings is 1. The van der Waals surface area contributed by atoms with Gasteiger partial charge in [0.1, 0.15) is 18.2 Å². The topological polar surface area (TPSA) is 51.2 Å². The Bertz CT molecular complexity index is 924. The van der Waals surface area contributed by atoms with Crippen LogP contribution >= 0.6 is 0 Å². The number of rotatable bonds is 4. The van der Waals surface area contributed by atoms with Gasteiger partial charge in [-0.2, -0.15) is 0 Å². The molecule has 124 valence electrons. The van der Waals surface area contributed by atoms with Gasteiger partial charge in [0, 0.05) is 30.1 Å². The van der Waals surface area contributed by atoms with Crippen LogP contribution in [-0.2, 0) is 13.2 Å². The number of halogens is 1. The molecule has 0 bridgehead atoms. The Morgan fingerprint density at radius 2 is 1.80 bits per heavy atom. The molecule has 1 aromatic heterocycles. The number of nitrogens with one attached hydrogen (secondary N) is 1. The van der Waals surface area contributed by atoms with Crippen molar-refractivity contribution in [1.82, 2.24) is 10.3 Å². The standard InChI is InChI=1S/C20H15FN2O2/c21-16-3-1-14(2-4-16)17-10-18-15(11-23-20(18)24)9-19(17)25-12-13-5-7-22-8-6-13/h1-10H,11-12H2,(H,23,24). The number of hydrogen-bond acceptors (Lipinski definition) is 3. The fraction of sp³-hybridized carbons (Fsp3) is 0.100. The largest absolute Gasteiger partial charge is 0.488 e. The van der Waals surface area contributed by atoms with Crippen LogP contribution in [0.5, 0.6) is 5.75 Å². The quantitative estimate of drug-likeness (QED) is 0.791. The minimum Gasteiger partial charge on any atom is -0.488 e. The molecule has 0 aliphatic carbocycles. The second-order valence-corrected chi connectivity index (χ2v) is 5.84. The van der Waals surface area contributed by atoms with Gasteiger partial charge in [-0.15, -0.1) is 0 Å². The molecule has 4 rings (SSSR count). The summed E-state index contributed by atoms with van der Waals surface area (Å²) in [6, 6.07) is 13.6. The van der Waals surface area contributed by atoms with Gasteiger partial charge >= 0.3 is 0 Å². The van der Waals surface area contributed by atoms with Crippen LogP contribution < -0.4 is 10.1 Å². The van der Waals surface area contributed by atoms with E-state index in [2.05, 4.69) is 10.3 Å². The summed E-state index contributed by atoms with van der Waals surface area (Å²) in [5.41, 5.74) is 4.10. The summed E-state index contributed by atoms with van der Waals surface area (Å²) in [6.07, 6.45) is 3.43. The lowest BCUT2D eigenvalue weighted by molar-refractivity contribution is 0.0966. The highest BCUT2D eigenvalue weighted by Crippen LogP contribution is 2.35. The van der Waals surface area contributed by atoms with Crippen LogP contribution in [0.1, 0.15) is 21.5 Å². The zero-order chi connectivity index (χ0) is 17.2. The number of carbonyl (C=O) groups is 1. The van der Waals surface area contributed by atoms with E-state index >= 15 is 0 Å². The molecule has 0 fully saturated rings. The number of aromatic nitrogens is 1. The predicted octanol–water partition coefficient (Wildman–Crippen LogP) is 3.71. The third-order valence-electron chi connectivity index (χ3n) is 4.19. The molecule has 0 atom stereocenters. The maximum absolute atomic E-state index is 13.3. The molecule has 4 nitrogen and oxygen atoms in total. The SMILES string of the molecule is O=C1NCc2cc(OCc3ccncc3)c(-c3ccc(F)cc3)cc21. The predicted molar refractivity (Wildman–Crippen MR) is 91.6 cm³/mol. The van der Waals surface area contributed by atoms with Crippen LogP contribution in [0.2, 0.25) is 0 Å². The lowest BCUT2D eigenvalue weighted by Crippen LogP contribution is -2.12. The molecule has 0 saturated carbocycles. The molecule has 0 unspecified atom stereocenters. The van der Waals surface area contributed by atoms with Gasteiger partial charge in [-0.3, -0.25) is 9.78 Å². The lowest BCUT2D eigenvalue weighted by Gasteiger charge is -2.14. The van der Waals surface area contributed by atoms with Crippen molar-refractivity contribution in [3.05, 3.63) is 83.4 Å². The van der Waals surface area contributed by atoms with Gasteiger partial charge < -0.3 is 10.1 Å². The molecule has 1 amide bonds. The summed E-state index contributed by atoms with van der Waals surface area (Å²) in [7, 11) is 0. The number of benzene rings is 2. The Hall–Kier alpha value is -3.21. The second-order valence-electron chi connectivity index (χ2n) is 5.84. The van der Waals surface area contributed by atoms with E-state index in [9.17, 15) is 9.18 Å². The first-order chi connectivity index (χ1) is 12.2. The van der Waals surface area contributed by atoms with E-state index in [1.54, 1.807) is 24.5 Å². The third-order valence-corrected chi connectivity index (χ3v) is 4.19. The third kappa shape index (κ3) is 3.08. The van der Waals surface area contributed by atoms with Gasteiger partial charge in [0.05, 0.1) is 0 Å². The molecule has 1 aliphatic heterocycles. The molecule has 3 aromatic rings. The summed E-state index contributed by atoms with van der Waals surface area (Å²) in [5.74, 6) is 0.264. The van der Waals surface area contributed by atoms with Crippen molar-refractivity contribution >= 4 is 5.91 Å². The van der Waals surface area contributed by atoms with Crippen LogP contribution in [0, 0.1) is 5.82 Å². The maximum Gasteiger partial charge on any atom is 0.251 e. The number of amides is 1. The van der Waals surface area contributed by atoms with Crippen LogP contribution in [0.3, 0.4) is 0 Å². The van der Waals surface area contributed by atoms with Gasteiger partial charge in [0.15, 0.2) is 0 Å². The average Bonchev–Trinajstić information content (AvgIpc) is 3.01. The zero-order valence-electron chi connectivity index (χ0n) is 13.3. The highest BCUT2D eigenvalue weighted by atomic mass is 19.1. The molecule has 25 heavy (non-hydrogen) atoms. The number of nitrogens with zero attached hydrogens (tertiary/aromatic N) is 1. The van der Waals surface area contributed by atoms with Crippen molar-refractivity contribution in [2.45, 2.75) is 13.2 Å². The molecular formula is C20H15FN2O2. The lowest BCUT2D eigenvalue weighted by atomic mass is 9.99. The summed E-state index contributed by atoms with van der Waals surface area (Å²) < 4.78 is 19.3. The molecule has 1 N–H and O–H groups in total. The van der Waals surface area contributed by atoms with E-state index in [-0.39, 0.29) is 11.7 Å². The first kappa shape index (κ1) is 15.3. The highest BCUT2D eigenvalue weighted by molar-refractivity contribution is 6.00. The molecule has 2 heterocycles. The van der Waals surface area contributed by atoms with Crippen LogP contribution in [0.15, 0.2) is 60.9 Å². The van der Waals surface area contributed by atoms with Crippen molar-refractivity contribution in [2.24, 2.45) is 0 Å². The average molecular weight is 334 g/mol. The maximum atomic E-state index is 13.3. The molecular weight excluding hydrogens is 319 g/mol. The van der Waals surface area contributed by atoms with Gasteiger partial charge in [0.2, 0.25) is 0 Å². The first-order valence-corrected chi connectivity index (χ1v) is 7.93. The number of hydrogen-bond donors (Lipinski definition) is 1. The number of carbonyl (C=O) groups excluding carboxylic acids is 1. The number of ether oxygens (including phenoxy) is 1. The number of fused-ring (bicyclic) bond motifs is 1. The van der Waals surface area contributed by atoms with E-state index in [0.29, 0.717) is 24.5 Å². The Morgan fingerprint density at radius 1 is 1.04 bits per heavy atom. The van der Waals surface area contributed by atoms with E-state index in [0.717, 1.165) is 22.3 Å². The Labute approximate surface area is 144 Å². The Balaban J connectivity index is 1.73. The van der Waals surface area contributed by atoms with Gasteiger partial charge in [0.25, 0.3) is 5.91 Å². The molecule has 1 aliphatic rings. The van der Waals surface area contributed by atoms with Crippen molar-refractivity contribution in [3.8, 4) is 16.9 Å². The molecule has 0 radical (unpaired) electrons. The summed E-state index contributed by atoms with van der Waals surface area (Å²) in [6.45, 7) is 0.875. The first-order valence-electron chi connectivity index (χ1n) is 7.93. The Morgan fingerprint density at radius 3 is 2.56 bits per heavy atom. The molecule has 2 aromatic carbocycles. The van der Waals surface area contributed by atoms with Gasteiger partial charge in [-0.05, 0) is 53.1 Å². The van der Waals surface area contributed by atoms with E-state index in [1.165, 1.54) is 12.1 Å². The van der Waals surface area contributed by atoms with Crippen LogP contribution in [0.4, 0.5) is 4.39 Å².